The van der Waals surface area contributed by atoms with Crippen LogP contribution in [0, 0.1) is 18.4 Å². The van der Waals surface area contributed by atoms with Crippen molar-refractivity contribution in [2.75, 3.05) is 14.1 Å². The lowest BCUT2D eigenvalue weighted by atomic mass is 10.4. The third kappa shape index (κ3) is 8.04. The lowest BCUT2D eigenvalue weighted by Crippen LogP contribution is -2.16. The largest absolute Gasteiger partial charge is 0.453 e. The van der Waals surface area contributed by atoms with Crippen LogP contribution in [-0.4, -0.2) is 22.2 Å². The van der Waals surface area contributed by atoms with Crippen LogP contribution >= 0.6 is 0 Å². The molecule has 0 aliphatic carbocycles. The molecule has 84 valence electrons. The van der Waals surface area contributed by atoms with E-state index in [2.05, 4.69) is 36.4 Å². The van der Waals surface area contributed by atoms with Crippen LogP contribution in [0.15, 0.2) is 16.5 Å². The van der Waals surface area contributed by atoms with Gasteiger partial charge in [0.25, 0.3) is 0 Å². The smallest absolute Gasteiger partial charge is 0.176 e. The van der Waals surface area contributed by atoms with Crippen LogP contribution in [0.2, 0.25) is 19.6 Å². The van der Waals surface area contributed by atoms with E-state index >= 15 is 0 Å². The van der Waals surface area contributed by atoms with E-state index in [-0.39, 0.29) is 0 Å². The summed E-state index contributed by atoms with van der Waals surface area (Å²) < 4.78 is 5.33. The van der Waals surface area contributed by atoms with E-state index in [0.29, 0.717) is 0 Å². The zero-order valence-electron chi connectivity index (χ0n) is 10.6. The Morgan fingerprint density at radius 1 is 1.20 bits per heavy atom. The Kier molecular flexibility index (Phi) is 6.07. The maximum atomic E-state index is 5.33. The molecule has 0 aromatic carbocycles. The van der Waals surface area contributed by atoms with Gasteiger partial charge < -0.3 is 9.73 Å². The lowest BCUT2D eigenvalue weighted by molar-refractivity contribution is 0.522. The molecular formula is C12H21NOSi. The number of hydrogen-bond donors (Lipinski definition) is 1. The molecule has 0 saturated carbocycles. The van der Waals surface area contributed by atoms with Crippen LogP contribution < -0.4 is 5.32 Å². The molecule has 0 fully saturated rings. The standard InChI is InChI=1S/C10H14OSi.C2H7N/c1-9-5-6-10(11-9)7-8-12(2,3)4;1-3-2/h5-6H,1-4H3;3H,1-2H3. The zero-order chi connectivity index (χ0) is 11.9. The van der Waals surface area contributed by atoms with Crippen LogP contribution in [-0.2, 0) is 0 Å². The van der Waals surface area contributed by atoms with Gasteiger partial charge in [0, 0.05) is 0 Å². The van der Waals surface area contributed by atoms with Crippen molar-refractivity contribution < 1.29 is 4.42 Å². The quantitative estimate of drug-likeness (QED) is 0.540. The Bertz CT molecular complexity index is 338. The van der Waals surface area contributed by atoms with Gasteiger partial charge in [-0.2, -0.15) is 0 Å². The van der Waals surface area contributed by atoms with Crippen molar-refractivity contribution in [3.05, 3.63) is 23.7 Å². The SMILES string of the molecule is CNC.Cc1ccc(C#C[Si](C)(C)C)o1. The Morgan fingerprint density at radius 2 is 1.73 bits per heavy atom. The number of hydrogen-bond acceptors (Lipinski definition) is 2. The Morgan fingerprint density at radius 3 is 2.07 bits per heavy atom. The molecule has 0 bridgehead atoms. The third-order valence-electron chi connectivity index (χ3n) is 1.30. The zero-order valence-corrected chi connectivity index (χ0v) is 11.6. The van der Waals surface area contributed by atoms with Crippen molar-refractivity contribution in [2.24, 2.45) is 0 Å². The van der Waals surface area contributed by atoms with E-state index in [9.17, 15) is 0 Å². The molecule has 0 unspecified atom stereocenters. The number of aryl methyl sites for hydroxylation is 1. The average molecular weight is 223 g/mol. The first-order chi connectivity index (χ1) is 6.89. The van der Waals surface area contributed by atoms with E-state index in [1.807, 2.05) is 33.2 Å². The molecule has 2 nitrogen and oxygen atoms in total. The number of nitrogens with one attached hydrogen (secondary N) is 1. The molecule has 0 saturated heterocycles. The van der Waals surface area contributed by atoms with Gasteiger partial charge in [-0.15, -0.1) is 5.54 Å². The number of furan rings is 1. The summed E-state index contributed by atoms with van der Waals surface area (Å²) in [5, 5.41) is 2.75. The highest BCUT2D eigenvalue weighted by Gasteiger charge is 2.07. The normalized spacial score (nSPS) is 9.73. The van der Waals surface area contributed by atoms with Crippen molar-refractivity contribution >= 4 is 8.07 Å². The monoisotopic (exact) mass is 223 g/mol. The van der Waals surface area contributed by atoms with Gasteiger partial charge in [0.2, 0.25) is 0 Å². The second-order valence-electron chi connectivity index (χ2n) is 4.41. The highest BCUT2D eigenvalue weighted by molar-refractivity contribution is 6.83. The lowest BCUT2D eigenvalue weighted by Gasteiger charge is -2.02. The number of rotatable bonds is 0. The van der Waals surface area contributed by atoms with Gasteiger partial charge in [0.1, 0.15) is 13.8 Å². The van der Waals surface area contributed by atoms with Crippen molar-refractivity contribution in [1.29, 1.82) is 0 Å². The molecule has 0 radical (unpaired) electrons. The van der Waals surface area contributed by atoms with Gasteiger partial charge in [0.15, 0.2) is 5.76 Å². The van der Waals surface area contributed by atoms with Gasteiger partial charge >= 0.3 is 0 Å². The molecule has 1 rings (SSSR count). The predicted molar refractivity (Wildman–Crippen MR) is 68.7 cm³/mol. The topological polar surface area (TPSA) is 25.2 Å². The fraction of sp³-hybridized carbons (Fsp3) is 0.500. The molecule has 1 aromatic heterocycles. The van der Waals surface area contributed by atoms with Crippen LogP contribution in [0.1, 0.15) is 11.5 Å². The van der Waals surface area contributed by atoms with Crippen molar-refractivity contribution in [2.45, 2.75) is 26.6 Å². The molecule has 1 N–H and O–H groups in total. The maximum Gasteiger partial charge on any atom is 0.176 e. The maximum absolute atomic E-state index is 5.33. The average Bonchev–Trinajstić information content (AvgIpc) is 2.48. The van der Waals surface area contributed by atoms with Gasteiger partial charge in [-0.05, 0) is 39.1 Å². The molecule has 0 aliphatic heterocycles. The molecule has 0 amide bonds. The fourth-order valence-electron chi connectivity index (χ4n) is 0.751. The molecule has 1 heterocycles. The molecule has 3 heteroatoms. The minimum Gasteiger partial charge on any atom is -0.453 e. The minimum absolute atomic E-state index is 0.787. The minimum atomic E-state index is -1.25. The summed E-state index contributed by atoms with van der Waals surface area (Å²) in [6.07, 6.45) is 0. The van der Waals surface area contributed by atoms with E-state index < -0.39 is 8.07 Å². The molecule has 1 aromatic rings. The Hall–Kier alpha value is -0.983. The molecule has 0 spiro atoms. The van der Waals surface area contributed by atoms with E-state index in [4.69, 9.17) is 4.42 Å². The van der Waals surface area contributed by atoms with Crippen LogP contribution in [0.4, 0.5) is 0 Å². The highest BCUT2D eigenvalue weighted by atomic mass is 28.3. The van der Waals surface area contributed by atoms with Crippen molar-refractivity contribution in [3.8, 4) is 11.5 Å². The summed E-state index contributed by atoms with van der Waals surface area (Å²) >= 11 is 0. The fourth-order valence-corrected chi connectivity index (χ4v) is 1.25. The first-order valence-electron chi connectivity index (χ1n) is 5.07. The van der Waals surface area contributed by atoms with Gasteiger partial charge in [-0.1, -0.05) is 19.6 Å². The summed E-state index contributed by atoms with van der Waals surface area (Å²) in [7, 11) is 2.50. The predicted octanol–water partition coefficient (Wildman–Crippen LogP) is 2.65. The summed E-state index contributed by atoms with van der Waals surface area (Å²) in [6.45, 7) is 8.58. The van der Waals surface area contributed by atoms with E-state index in [1.54, 1.807) is 0 Å². The first-order valence-corrected chi connectivity index (χ1v) is 8.57. The Labute approximate surface area is 94.1 Å². The molecular weight excluding hydrogens is 202 g/mol. The second kappa shape index (κ2) is 6.49. The first kappa shape index (κ1) is 14.0. The van der Waals surface area contributed by atoms with Crippen LogP contribution in [0.3, 0.4) is 0 Å². The van der Waals surface area contributed by atoms with Gasteiger partial charge in [-0.3, -0.25) is 0 Å². The summed E-state index contributed by atoms with van der Waals surface area (Å²) in [4.78, 5) is 0. The summed E-state index contributed by atoms with van der Waals surface area (Å²) in [6, 6.07) is 3.86. The Balaban J connectivity index is 0.000000583. The van der Waals surface area contributed by atoms with E-state index in [1.165, 1.54) is 0 Å². The second-order valence-corrected chi connectivity index (χ2v) is 9.16. The molecule has 15 heavy (non-hydrogen) atoms. The summed E-state index contributed by atoms with van der Waals surface area (Å²) in [5.41, 5.74) is 3.25. The van der Waals surface area contributed by atoms with E-state index in [0.717, 1.165) is 11.5 Å². The highest BCUT2D eigenvalue weighted by Crippen LogP contribution is 2.05. The van der Waals surface area contributed by atoms with Crippen LogP contribution in [0.25, 0.3) is 0 Å². The van der Waals surface area contributed by atoms with Gasteiger partial charge in [-0.25, -0.2) is 0 Å². The van der Waals surface area contributed by atoms with Gasteiger partial charge in [0.05, 0.1) is 0 Å². The van der Waals surface area contributed by atoms with Crippen molar-refractivity contribution in [1.82, 2.24) is 5.32 Å². The van der Waals surface area contributed by atoms with Crippen LogP contribution in [0.5, 0.6) is 0 Å². The molecule has 0 atom stereocenters. The third-order valence-corrected chi connectivity index (χ3v) is 2.18. The summed E-state index contributed by atoms with van der Waals surface area (Å²) in [5.74, 6) is 4.76. The molecule has 0 aliphatic rings. The van der Waals surface area contributed by atoms with Crippen molar-refractivity contribution in [3.63, 3.8) is 0 Å².